The highest BCUT2D eigenvalue weighted by Crippen LogP contribution is 2.32. The molecule has 0 atom stereocenters. The van der Waals surface area contributed by atoms with Gasteiger partial charge in [-0.1, -0.05) is 6.07 Å². The summed E-state index contributed by atoms with van der Waals surface area (Å²) in [5, 5.41) is 6.37. The lowest BCUT2D eigenvalue weighted by atomic mass is 10.1. The normalized spacial score (nSPS) is 16.6. The molecule has 1 aromatic carbocycles. The van der Waals surface area contributed by atoms with Crippen LogP contribution in [0.1, 0.15) is 15.9 Å². The molecular formula is C16H16N4O4. The van der Waals surface area contributed by atoms with Crippen LogP contribution in [0, 0.1) is 0 Å². The summed E-state index contributed by atoms with van der Waals surface area (Å²) < 4.78 is 10.6. The second-order valence-corrected chi connectivity index (χ2v) is 5.72. The van der Waals surface area contributed by atoms with Gasteiger partial charge < -0.3 is 19.3 Å². The number of carbonyl (C=O) groups is 2. The number of nitrogens with one attached hydrogen (secondary N) is 1. The molecular weight excluding hydrogens is 312 g/mol. The molecule has 1 saturated heterocycles. The van der Waals surface area contributed by atoms with Gasteiger partial charge in [0.15, 0.2) is 11.5 Å². The number of rotatable bonds is 3. The van der Waals surface area contributed by atoms with Gasteiger partial charge in [0.25, 0.3) is 5.91 Å². The number of aromatic nitrogens is 2. The number of nitrogens with zero attached hydrogens (tertiary/aromatic N) is 3. The van der Waals surface area contributed by atoms with Crippen LogP contribution < -0.4 is 9.47 Å². The molecule has 0 bridgehead atoms. The molecule has 0 aliphatic carbocycles. The van der Waals surface area contributed by atoms with E-state index in [1.165, 1.54) is 12.4 Å². The van der Waals surface area contributed by atoms with Gasteiger partial charge in [-0.15, -0.1) is 0 Å². The number of H-pyrrole nitrogens is 1. The van der Waals surface area contributed by atoms with Crippen LogP contribution >= 0.6 is 0 Å². The molecule has 1 fully saturated rings. The van der Waals surface area contributed by atoms with E-state index < -0.39 is 0 Å². The van der Waals surface area contributed by atoms with Crippen LogP contribution in [0.2, 0.25) is 0 Å². The van der Waals surface area contributed by atoms with Gasteiger partial charge in [-0.05, 0) is 17.7 Å². The molecule has 8 nitrogen and oxygen atoms in total. The molecule has 0 saturated carbocycles. The SMILES string of the molecule is O=C1CN(C(=O)c2cn[nH]c2)CCN1Cc1ccc2c(c1)OCO2. The lowest BCUT2D eigenvalue weighted by molar-refractivity contribution is -0.135. The monoisotopic (exact) mass is 328 g/mol. The van der Waals surface area contributed by atoms with Crippen molar-refractivity contribution in [2.24, 2.45) is 0 Å². The number of carbonyl (C=O) groups excluding carboxylic acids is 2. The van der Waals surface area contributed by atoms with Crippen LogP contribution in [0.3, 0.4) is 0 Å². The maximum atomic E-state index is 12.4. The molecule has 124 valence electrons. The maximum absolute atomic E-state index is 12.4. The number of benzene rings is 1. The highest BCUT2D eigenvalue weighted by atomic mass is 16.7. The largest absolute Gasteiger partial charge is 0.454 e. The zero-order chi connectivity index (χ0) is 16.5. The van der Waals surface area contributed by atoms with Crippen LogP contribution in [0.15, 0.2) is 30.6 Å². The Hall–Kier alpha value is -3.03. The smallest absolute Gasteiger partial charge is 0.257 e. The fraction of sp³-hybridized carbons (Fsp3) is 0.312. The second-order valence-electron chi connectivity index (χ2n) is 5.72. The minimum atomic E-state index is -0.181. The van der Waals surface area contributed by atoms with E-state index in [4.69, 9.17) is 9.47 Å². The summed E-state index contributed by atoms with van der Waals surface area (Å²) in [6.07, 6.45) is 3.00. The Morgan fingerprint density at radius 3 is 2.92 bits per heavy atom. The molecule has 0 spiro atoms. The van der Waals surface area contributed by atoms with Crippen molar-refractivity contribution in [3.63, 3.8) is 0 Å². The number of hydrogen-bond acceptors (Lipinski definition) is 5. The van der Waals surface area contributed by atoms with Crippen molar-refractivity contribution in [2.75, 3.05) is 26.4 Å². The van der Waals surface area contributed by atoms with Crippen LogP contribution in [0.4, 0.5) is 0 Å². The molecule has 2 aromatic rings. The molecule has 2 aliphatic heterocycles. The number of amides is 2. The topological polar surface area (TPSA) is 87.8 Å². The van der Waals surface area contributed by atoms with Gasteiger partial charge in [0, 0.05) is 25.8 Å². The minimum absolute atomic E-state index is 0.0734. The van der Waals surface area contributed by atoms with Gasteiger partial charge in [0.1, 0.15) is 6.54 Å². The highest BCUT2D eigenvalue weighted by molar-refractivity contribution is 5.96. The summed E-state index contributed by atoms with van der Waals surface area (Å²) in [6.45, 7) is 1.79. The van der Waals surface area contributed by atoms with Gasteiger partial charge in [-0.2, -0.15) is 5.10 Å². The minimum Gasteiger partial charge on any atom is -0.454 e. The van der Waals surface area contributed by atoms with Crippen molar-refractivity contribution in [1.82, 2.24) is 20.0 Å². The van der Waals surface area contributed by atoms with Crippen LogP contribution in [-0.2, 0) is 11.3 Å². The predicted molar refractivity (Wildman–Crippen MR) is 82.5 cm³/mol. The average molecular weight is 328 g/mol. The third-order valence-electron chi connectivity index (χ3n) is 4.16. The lowest BCUT2D eigenvalue weighted by Gasteiger charge is -2.34. The fourth-order valence-corrected chi connectivity index (χ4v) is 2.86. The summed E-state index contributed by atoms with van der Waals surface area (Å²) in [7, 11) is 0. The summed E-state index contributed by atoms with van der Waals surface area (Å²) in [6, 6.07) is 5.66. The molecule has 8 heteroatoms. The highest BCUT2D eigenvalue weighted by Gasteiger charge is 2.28. The van der Waals surface area contributed by atoms with Crippen molar-refractivity contribution < 1.29 is 19.1 Å². The third-order valence-corrected chi connectivity index (χ3v) is 4.16. The number of fused-ring (bicyclic) bond motifs is 1. The maximum Gasteiger partial charge on any atom is 0.257 e. The van der Waals surface area contributed by atoms with Crippen molar-refractivity contribution in [2.45, 2.75) is 6.54 Å². The number of ether oxygens (including phenoxy) is 2. The van der Waals surface area contributed by atoms with Gasteiger partial charge in [0.2, 0.25) is 12.7 Å². The Labute approximate surface area is 137 Å². The van der Waals surface area contributed by atoms with E-state index in [0.717, 1.165) is 11.3 Å². The molecule has 1 aromatic heterocycles. The van der Waals surface area contributed by atoms with Crippen LogP contribution in [-0.4, -0.2) is 58.2 Å². The van der Waals surface area contributed by atoms with Crippen molar-refractivity contribution in [1.29, 1.82) is 0 Å². The van der Waals surface area contributed by atoms with Crippen LogP contribution in [0.25, 0.3) is 0 Å². The first-order valence-corrected chi connectivity index (χ1v) is 7.65. The van der Waals surface area contributed by atoms with E-state index in [1.807, 2.05) is 18.2 Å². The first-order chi connectivity index (χ1) is 11.7. The Morgan fingerprint density at radius 2 is 2.12 bits per heavy atom. The van der Waals surface area contributed by atoms with E-state index in [1.54, 1.807) is 9.80 Å². The predicted octanol–water partition coefficient (Wildman–Crippen LogP) is 0.623. The van der Waals surface area contributed by atoms with Crippen molar-refractivity contribution in [3.8, 4) is 11.5 Å². The number of hydrogen-bond donors (Lipinski definition) is 1. The zero-order valence-electron chi connectivity index (χ0n) is 12.9. The van der Waals surface area contributed by atoms with E-state index in [0.29, 0.717) is 30.9 Å². The number of aromatic amines is 1. The Kier molecular flexibility index (Phi) is 3.56. The fourth-order valence-electron chi connectivity index (χ4n) is 2.86. The summed E-state index contributed by atoms with van der Waals surface area (Å²) in [4.78, 5) is 27.9. The summed E-state index contributed by atoms with van der Waals surface area (Å²) in [5.41, 5.74) is 1.44. The van der Waals surface area contributed by atoms with Gasteiger partial charge in [-0.25, -0.2) is 0 Å². The van der Waals surface area contributed by atoms with Gasteiger partial charge in [-0.3, -0.25) is 14.7 Å². The zero-order valence-corrected chi connectivity index (χ0v) is 12.9. The molecule has 1 N–H and O–H groups in total. The number of piperazine rings is 1. The quantitative estimate of drug-likeness (QED) is 0.892. The molecule has 0 unspecified atom stereocenters. The van der Waals surface area contributed by atoms with E-state index in [-0.39, 0.29) is 25.2 Å². The lowest BCUT2D eigenvalue weighted by Crippen LogP contribution is -2.51. The Bertz CT molecular complexity index is 774. The Morgan fingerprint density at radius 1 is 1.25 bits per heavy atom. The Balaban J connectivity index is 1.40. The molecule has 24 heavy (non-hydrogen) atoms. The molecule has 2 aliphatic rings. The van der Waals surface area contributed by atoms with Crippen LogP contribution in [0.5, 0.6) is 11.5 Å². The summed E-state index contributed by atoms with van der Waals surface area (Å²) in [5.74, 6) is 1.17. The van der Waals surface area contributed by atoms with Crippen molar-refractivity contribution in [3.05, 3.63) is 41.7 Å². The first-order valence-electron chi connectivity index (χ1n) is 7.65. The van der Waals surface area contributed by atoms with Crippen molar-refractivity contribution >= 4 is 11.8 Å². The van der Waals surface area contributed by atoms with Gasteiger partial charge in [0.05, 0.1) is 11.8 Å². The van der Waals surface area contributed by atoms with Gasteiger partial charge >= 0.3 is 0 Å². The third kappa shape index (κ3) is 2.66. The molecule has 3 heterocycles. The molecule has 2 amide bonds. The second kappa shape index (κ2) is 5.88. The van der Waals surface area contributed by atoms with E-state index in [2.05, 4.69) is 10.2 Å². The summed E-state index contributed by atoms with van der Waals surface area (Å²) >= 11 is 0. The molecule has 4 rings (SSSR count). The van der Waals surface area contributed by atoms with E-state index in [9.17, 15) is 9.59 Å². The average Bonchev–Trinajstić information content (AvgIpc) is 3.27. The standard InChI is InChI=1S/C16H16N4O4/c21-15-9-20(16(22)12-6-17-18-7-12)4-3-19(15)8-11-1-2-13-14(5-11)24-10-23-13/h1-2,5-7H,3-4,8-10H2,(H,17,18). The first kappa shape index (κ1) is 14.6. The molecule has 0 radical (unpaired) electrons. The van der Waals surface area contributed by atoms with E-state index >= 15 is 0 Å².